The van der Waals surface area contributed by atoms with Gasteiger partial charge in [-0.3, -0.25) is 9.59 Å². The van der Waals surface area contributed by atoms with Crippen molar-refractivity contribution in [1.82, 2.24) is 10.3 Å². The van der Waals surface area contributed by atoms with Gasteiger partial charge in [0.15, 0.2) is 8.32 Å². The van der Waals surface area contributed by atoms with Gasteiger partial charge in [-0.05, 0) is 65.9 Å². The number of benzene rings is 3. The lowest BCUT2D eigenvalue weighted by molar-refractivity contribution is -0.136. The third-order valence-corrected chi connectivity index (χ3v) is 12.7. The topological polar surface area (TPSA) is 101 Å². The number of aromatic nitrogens is 1. The lowest BCUT2D eigenvalue weighted by atomic mass is 10.0. The molecule has 0 amide bonds. The van der Waals surface area contributed by atoms with Gasteiger partial charge in [0.2, 0.25) is 5.56 Å². The van der Waals surface area contributed by atoms with Crippen LogP contribution < -0.4 is 15.6 Å². The van der Waals surface area contributed by atoms with Crippen LogP contribution in [0.1, 0.15) is 56.1 Å². The van der Waals surface area contributed by atoms with Gasteiger partial charge in [0.05, 0.1) is 18.0 Å². The largest absolute Gasteiger partial charge is 0.487 e. The quantitative estimate of drug-likeness (QED) is 0.143. The van der Waals surface area contributed by atoms with Gasteiger partial charge in [0, 0.05) is 24.0 Å². The van der Waals surface area contributed by atoms with Crippen LogP contribution in [-0.2, 0) is 28.7 Å². The highest BCUT2D eigenvalue weighted by Gasteiger charge is 2.40. The van der Waals surface area contributed by atoms with E-state index in [1.807, 2.05) is 66.7 Å². The van der Waals surface area contributed by atoms with E-state index in [0.29, 0.717) is 24.4 Å². The zero-order valence-corrected chi connectivity index (χ0v) is 27.1. The Morgan fingerprint density at radius 2 is 1.65 bits per heavy atom. The fourth-order valence-corrected chi connectivity index (χ4v) is 6.18. The van der Waals surface area contributed by atoms with Crippen LogP contribution in [0, 0.1) is 0 Å². The Morgan fingerprint density at radius 3 is 2.35 bits per heavy atom. The third-order valence-electron chi connectivity index (χ3n) is 8.26. The summed E-state index contributed by atoms with van der Waals surface area (Å²) in [6, 6.07) is 25.2. The van der Waals surface area contributed by atoms with E-state index in [1.54, 1.807) is 6.07 Å². The highest BCUT2D eigenvalue weighted by atomic mass is 28.4. The molecular formula is C35H44N2O5Si. The van der Waals surface area contributed by atoms with Crippen LogP contribution in [-0.4, -0.2) is 37.0 Å². The number of ether oxygens (including phenoxy) is 1. The minimum Gasteiger partial charge on any atom is -0.487 e. The van der Waals surface area contributed by atoms with Crippen LogP contribution in [0.4, 0.5) is 0 Å². The van der Waals surface area contributed by atoms with Crippen molar-refractivity contribution in [2.24, 2.45) is 0 Å². The van der Waals surface area contributed by atoms with E-state index in [0.717, 1.165) is 34.1 Å². The molecular weight excluding hydrogens is 556 g/mol. The molecule has 0 bridgehead atoms. The molecule has 0 spiro atoms. The Morgan fingerprint density at radius 1 is 0.953 bits per heavy atom. The number of hydrogen-bond donors (Lipinski definition) is 3. The van der Waals surface area contributed by atoms with Gasteiger partial charge in [0.25, 0.3) is 0 Å². The number of fused-ring (bicyclic) bond motifs is 1. The molecule has 4 aromatic rings. The maximum atomic E-state index is 12.4. The summed E-state index contributed by atoms with van der Waals surface area (Å²) in [5, 5.41) is 13.8. The Balaban J connectivity index is 1.62. The number of H-pyrrole nitrogens is 1. The average molecular weight is 601 g/mol. The molecule has 1 heterocycles. The Bertz CT molecular complexity index is 1590. The molecule has 0 aliphatic rings. The maximum absolute atomic E-state index is 12.4. The third kappa shape index (κ3) is 8.66. The lowest BCUT2D eigenvalue weighted by Crippen LogP contribution is -2.44. The van der Waals surface area contributed by atoms with Crippen molar-refractivity contribution in [3.63, 3.8) is 0 Å². The number of pyridine rings is 1. The molecule has 0 fully saturated rings. The van der Waals surface area contributed by atoms with E-state index in [9.17, 15) is 14.7 Å². The molecule has 0 saturated heterocycles. The molecule has 2 atom stereocenters. The highest BCUT2D eigenvalue weighted by molar-refractivity contribution is 6.74. The highest BCUT2D eigenvalue weighted by Crippen LogP contribution is 2.41. The number of nitrogens with one attached hydrogen (secondary N) is 2. The number of carbonyl (C=O) groups is 1. The van der Waals surface area contributed by atoms with E-state index in [1.165, 1.54) is 0 Å². The van der Waals surface area contributed by atoms with E-state index in [4.69, 9.17) is 9.16 Å². The smallest absolute Gasteiger partial charge is 0.307 e. The van der Waals surface area contributed by atoms with Crippen molar-refractivity contribution in [1.29, 1.82) is 0 Å². The molecule has 228 valence electrons. The molecule has 0 aliphatic carbocycles. The fraction of sp³-hybridized carbons (Fsp3) is 0.371. The SMILES string of the molecule is C[C@@H](Cc1cccc(CC(=O)O)c1)NC[C@@H](O[Si](C)(C)C(C)(C)C)c1ccc(OCc2ccccc2)c2[nH]c(=O)ccc12. The van der Waals surface area contributed by atoms with Crippen LogP contribution in [0.15, 0.2) is 83.7 Å². The number of rotatable bonds is 13. The molecule has 43 heavy (non-hydrogen) atoms. The van der Waals surface area contributed by atoms with Crippen LogP contribution in [0.2, 0.25) is 18.1 Å². The van der Waals surface area contributed by atoms with Gasteiger partial charge in [-0.15, -0.1) is 0 Å². The summed E-state index contributed by atoms with van der Waals surface area (Å²) in [6.45, 7) is 14.3. The van der Waals surface area contributed by atoms with Crippen molar-refractivity contribution in [3.05, 3.63) is 111 Å². The van der Waals surface area contributed by atoms with Crippen LogP contribution in [0.5, 0.6) is 5.75 Å². The first-order chi connectivity index (χ1) is 20.3. The van der Waals surface area contributed by atoms with Crippen molar-refractivity contribution >= 4 is 25.2 Å². The molecule has 0 saturated carbocycles. The minimum absolute atomic E-state index is 0.00426. The Labute approximate surface area is 255 Å². The minimum atomic E-state index is -2.19. The number of aliphatic carboxylic acids is 1. The summed E-state index contributed by atoms with van der Waals surface area (Å²) in [7, 11) is -2.19. The fourth-order valence-electron chi connectivity index (χ4n) is 4.91. The standard InChI is InChI=1S/C35H44N2O5Si/c1-24(19-26-13-10-14-27(20-26)21-33(39)40)36-22-31(42-43(5,6)35(2,3)4)28-15-17-30(34-29(28)16-18-32(38)37-34)41-23-25-11-8-7-9-12-25/h7-18,20,24,31,36H,19,21-23H2,1-6H3,(H,37,38)(H,39,40)/t24-,31+/m0/s1. The molecule has 0 aliphatic heterocycles. The zero-order valence-electron chi connectivity index (χ0n) is 26.1. The van der Waals surface area contributed by atoms with Gasteiger partial charge in [0.1, 0.15) is 12.4 Å². The first-order valence-electron chi connectivity index (χ1n) is 14.9. The van der Waals surface area contributed by atoms with Gasteiger partial charge < -0.3 is 24.6 Å². The second-order valence-electron chi connectivity index (χ2n) is 12.8. The molecule has 4 rings (SSSR count). The van der Waals surface area contributed by atoms with E-state index in [2.05, 4.69) is 57.2 Å². The number of aromatic amines is 1. The van der Waals surface area contributed by atoms with E-state index in [-0.39, 0.29) is 29.2 Å². The summed E-state index contributed by atoms with van der Waals surface area (Å²) in [6.07, 6.45) is 0.497. The molecule has 3 aromatic carbocycles. The van der Waals surface area contributed by atoms with Crippen molar-refractivity contribution in [3.8, 4) is 5.75 Å². The van der Waals surface area contributed by atoms with Gasteiger partial charge in [-0.2, -0.15) is 0 Å². The predicted octanol–water partition coefficient (Wildman–Crippen LogP) is 7.02. The first-order valence-corrected chi connectivity index (χ1v) is 17.8. The molecule has 8 heteroatoms. The number of carboxylic acids is 1. The average Bonchev–Trinajstić information content (AvgIpc) is 2.93. The second kappa shape index (κ2) is 13.7. The summed E-state index contributed by atoms with van der Waals surface area (Å²) >= 11 is 0. The molecule has 1 aromatic heterocycles. The van der Waals surface area contributed by atoms with Crippen LogP contribution in [0.3, 0.4) is 0 Å². The van der Waals surface area contributed by atoms with Crippen molar-refractivity contribution in [2.45, 2.75) is 77.4 Å². The van der Waals surface area contributed by atoms with E-state index >= 15 is 0 Å². The number of hydrogen-bond acceptors (Lipinski definition) is 5. The Kier molecular flexibility index (Phi) is 10.3. The zero-order chi connectivity index (χ0) is 31.2. The molecule has 7 nitrogen and oxygen atoms in total. The molecule has 0 unspecified atom stereocenters. The summed E-state index contributed by atoms with van der Waals surface area (Å²) in [5.74, 6) is -0.215. The summed E-state index contributed by atoms with van der Waals surface area (Å²) < 4.78 is 13.2. The maximum Gasteiger partial charge on any atom is 0.307 e. The lowest BCUT2D eigenvalue weighted by Gasteiger charge is -2.40. The molecule has 0 radical (unpaired) electrons. The first kappa shape index (κ1) is 32.2. The summed E-state index contributed by atoms with van der Waals surface area (Å²) in [4.78, 5) is 26.6. The van der Waals surface area contributed by atoms with E-state index < -0.39 is 14.3 Å². The van der Waals surface area contributed by atoms with Gasteiger partial charge in [-0.25, -0.2) is 0 Å². The van der Waals surface area contributed by atoms with Crippen molar-refractivity contribution in [2.75, 3.05) is 6.54 Å². The second-order valence-corrected chi connectivity index (χ2v) is 17.6. The summed E-state index contributed by atoms with van der Waals surface area (Å²) in [5.41, 5.74) is 4.39. The monoisotopic (exact) mass is 600 g/mol. The normalized spacial score (nSPS) is 13.5. The van der Waals surface area contributed by atoms with Crippen molar-refractivity contribution < 1.29 is 19.1 Å². The Hall–Kier alpha value is -3.72. The van der Waals surface area contributed by atoms with Crippen LogP contribution >= 0.6 is 0 Å². The predicted molar refractivity (Wildman–Crippen MR) is 175 cm³/mol. The van der Waals surface area contributed by atoms with Crippen LogP contribution in [0.25, 0.3) is 10.9 Å². The van der Waals surface area contributed by atoms with Gasteiger partial charge >= 0.3 is 5.97 Å². The van der Waals surface area contributed by atoms with Gasteiger partial charge in [-0.1, -0.05) is 81.4 Å². The molecule has 3 N–H and O–H groups in total. The number of carboxylic acid groups (broad SMARTS) is 1.